The zero-order valence-electron chi connectivity index (χ0n) is 11.7. The Balaban J connectivity index is 1.98. The van der Waals surface area contributed by atoms with Gasteiger partial charge in [0.25, 0.3) is 0 Å². The first kappa shape index (κ1) is 17.5. The summed E-state index contributed by atoms with van der Waals surface area (Å²) in [6, 6.07) is 5.32. The molecule has 2 N–H and O–H groups in total. The number of halogens is 2. The average Bonchev–Trinajstić information content (AvgIpc) is 2.45. The smallest absolute Gasteiger partial charge is 0.139 e. The van der Waals surface area contributed by atoms with Gasteiger partial charge in [0.15, 0.2) is 0 Å². The first-order chi connectivity index (χ1) is 9.75. The van der Waals surface area contributed by atoms with E-state index in [0.717, 1.165) is 26.1 Å². The summed E-state index contributed by atoms with van der Waals surface area (Å²) in [6.07, 6.45) is 1.06. The van der Waals surface area contributed by atoms with Crippen LogP contribution in [0.2, 0.25) is 10.0 Å². The molecule has 0 unspecified atom stereocenters. The summed E-state index contributed by atoms with van der Waals surface area (Å²) >= 11 is 11.9. The van der Waals surface area contributed by atoms with Crippen molar-refractivity contribution >= 4 is 23.2 Å². The number of nitrogens with two attached hydrogens (primary N) is 1. The predicted octanol–water partition coefficient (Wildman–Crippen LogP) is 1.99. The van der Waals surface area contributed by atoms with E-state index in [0.29, 0.717) is 35.6 Å². The van der Waals surface area contributed by atoms with Gasteiger partial charge in [0.1, 0.15) is 17.4 Å². The number of ether oxygens (including phenoxy) is 3. The summed E-state index contributed by atoms with van der Waals surface area (Å²) in [7, 11) is 1.72. The van der Waals surface area contributed by atoms with Gasteiger partial charge < -0.3 is 19.5 Å². The SMILES string of the molecule is COCCC[NH2+]CCOCCOc1cccc(Cl)c1Cl. The molecule has 1 aromatic carbocycles. The Morgan fingerprint density at radius 3 is 2.70 bits per heavy atom. The highest BCUT2D eigenvalue weighted by atomic mass is 35.5. The molecule has 0 bridgehead atoms. The van der Waals surface area contributed by atoms with E-state index < -0.39 is 0 Å². The molecule has 4 nitrogen and oxygen atoms in total. The van der Waals surface area contributed by atoms with Crippen molar-refractivity contribution in [1.82, 2.24) is 0 Å². The number of hydrogen-bond acceptors (Lipinski definition) is 3. The zero-order chi connectivity index (χ0) is 14.6. The van der Waals surface area contributed by atoms with Crippen LogP contribution in [0.4, 0.5) is 0 Å². The van der Waals surface area contributed by atoms with Gasteiger partial charge in [-0.2, -0.15) is 0 Å². The fraction of sp³-hybridized carbons (Fsp3) is 0.571. The molecule has 0 aromatic heterocycles. The summed E-state index contributed by atoms with van der Waals surface area (Å²) in [6.45, 7) is 4.52. The number of methoxy groups -OCH3 is 1. The normalized spacial score (nSPS) is 10.8. The first-order valence-electron chi connectivity index (χ1n) is 6.71. The molecule has 0 aliphatic rings. The van der Waals surface area contributed by atoms with Crippen LogP contribution in [0.1, 0.15) is 6.42 Å². The lowest BCUT2D eigenvalue weighted by Crippen LogP contribution is -2.85. The maximum absolute atomic E-state index is 6.00. The minimum absolute atomic E-state index is 0.445. The van der Waals surface area contributed by atoms with Crippen molar-refractivity contribution in [3.63, 3.8) is 0 Å². The third-order valence-electron chi connectivity index (χ3n) is 2.62. The quantitative estimate of drug-likeness (QED) is 0.634. The molecule has 0 amide bonds. The molecule has 114 valence electrons. The second kappa shape index (κ2) is 11.2. The molecule has 20 heavy (non-hydrogen) atoms. The lowest BCUT2D eigenvalue weighted by Gasteiger charge is -2.09. The topological polar surface area (TPSA) is 44.3 Å². The minimum atomic E-state index is 0.445. The number of hydrogen-bond donors (Lipinski definition) is 1. The predicted molar refractivity (Wildman–Crippen MR) is 80.9 cm³/mol. The molecule has 0 heterocycles. The maximum Gasteiger partial charge on any atom is 0.139 e. The zero-order valence-corrected chi connectivity index (χ0v) is 13.3. The summed E-state index contributed by atoms with van der Waals surface area (Å²) in [5.41, 5.74) is 0. The largest absolute Gasteiger partial charge is 0.490 e. The minimum Gasteiger partial charge on any atom is -0.490 e. The molecule has 0 saturated heterocycles. The van der Waals surface area contributed by atoms with E-state index in [1.54, 1.807) is 25.3 Å². The van der Waals surface area contributed by atoms with Crippen molar-refractivity contribution in [3.8, 4) is 5.75 Å². The van der Waals surface area contributed by atoms with Crippen LogP contribution < -0.4 is 10.1 Å². The van der Waals surface area contributed by atoms with Crippen molar-refractivity contribution in [2.24, 2.45) is 0 Å². The monoisotopic (exact) mass is 322 g/mol. The molecular formula is C14H22Cl2NO3+. The van der Waals surface area contributed by atoms with Gasteiger partial charge in [0, 0.05) is 13.5 Å². The molecule has 1 aromatic rings. The molecule has 0 aliphatic heterocycles. The summed E-state index contributed by atoms with van der Waals surface area (Å²) in [5.74, 6) is 0.592. The molecule has 0 aliphatic carbocycles. The van der Waals surface area contributed by atoms with E-state index in [1.807, 2.05) is 0 Å². The second-order valence-corrected chi connectivity index (χ2v) is 5.01. The van der Waals surface area contributed by atoms with Crippen LogP contribution in [0, 0.1) is 0 Å². The van der Waals surface area contributed by atoms with Gasteiger partial charge >= 0.3 is 0 Å². The van der Waals surface area contributed by atoms with Gasteiger partial charge in [0.2, 0.25) is 0 Å². The van der Waals surface area contributed by atoms with Crippen molar-refractivity contribution in [2.75, 3.05) is 46.6 Å². The standard InChI is InChI=1S/C14H21Cl2NO3/c1-18-8-3-6-17-7-9-19-10-11-20-13-5-2-4-12(15)14(13)16/h2,4-5,17H,3,6-11H2,1H3/p+1. The van der Waals surface area contributed by atoms with Gasteiger partial charge in [-0.05, 0) is 12.1 Å². The summed E-state index contributed by atoms with van der Waals surface area (Å²) in [5, 5.41) is 3.16. The van der Waals surface area contributed by atoms with E-state index in [4.69, 9.17) is 37.4 Å². The first-order valence-corrected chi connectivity index (χ1v) is 7.46. The van der Waals surface area contributed by atoms with Crippen LogP contribution >= 0.6 is 23.2 Å². The van der Waals surface area contributed by atoms with E-state index in [1.165, 1.54) is 0 Å². The summed E-state index contributed by atoms with van der Waals surface area (Å²) < 4.78 is 16.0. The molecule has 0 atom stereocenters. The molecular weight excluding hydrogens is 301 g/mol. The lowest BCUT2D eigenvalue weighted by atomic mass is 10.3. The summed E-state index contributed by atoms with van der Waals surface area (Å²) in [4.78, 5) is 0. The van der Waals surface area contributed by atoms with Crippen molar-refractivity contribution in [2.45, 2.75) is 6.42 Å². The fourth-order valence-corrected chi connectivity index (χ4v) is 1.94. The Morgan fingerprint density at radius 1 is 1.05 bits per heavy atom. The van der Waals surface area contributed by atoms with E-state index in [2.05, 4.69) is 5.32 Å². The van der Waals surface area contributed by atoms with E-state index in [-0.39, 0.29) is 0 Å². The second-order valence-electron chi connectivity index (χ2n) is 4.23. The highest BCUT2D eigenvalue weighted by Crippen LogP contribution is 2.31. The molecule has 0 saturated carbocycles. The molecule has 0 fully saturated rings. The number of quaternary nitrogens is 1. The van der Waals surface area contributed by atoms with Gasteiger partial charge in [-0.1, -0.05) is 29.3 Å². The van der Waals surface area contributed by atoms with Crippen LogP contribution in [-0.2, 0) is 9.47 Å². The Bertz CT molecular complexity index is 377. The van der Waals surface area contributed by atoms with Crippen LogP contribution in [0.3, 0.4) is 0 Å². The highest BCUT2D eigenvalue weighted by Gasteiger charge is 2.04. The number of benzene rings is 1. The molecule has 0 spiro atoms. The van der Waals surface area contributed by atoms with Crippen molar-refractivity contribution < 1.29 is 19.5 Å². The fourth-order valence-electron chi connectivity index (χ4n) is 1.59. The Kier molecular flexibility index (Phi) is 9.79. The molecule has 0 radical (unpaired) electrons. The Morgan fingerprint density at radius 2 is 1.90 bits per heavy atom. The van der Waals surface area contributed by atoms with Gasteiger partial charge in [-0.25, -0.2) is 0 Å². The van der Waals surface area contributed by atoms with Gasteiger partial charge in [-0.3, -0.25) is 0 Å². The number of rotatable bonds is 11. The molecule has 6 heteroatoms. The highest BCUT2D eigenvalue weighted by molar-refractivity contribution is 6.42. The van der Waals surface area contributed by atoms with Crippen LogP contribution in [0.25, 0.3) is 0 Å². The van der Waals surface area contributed by atoms with Crippen LogP contribution in [-0.4, -0.2) is 46.6 Å². The van der Waals surface area contributed by atoms with Gasteiger partial charge in [0.05, 0.1) is 37.9 Å². The Hall–Kier alpha value is -0.520. The van der Waals surface area contributed by atoms with Gasteiger partial charge in [-0.15, -0.1) is 0 Å². The Labute approximate surface area is 130 Å². The average molecular weight is 323 g/mol. The van der Waals surface area contributed by atoms with E-state index >= 15 is 0 Å². The van der Waals surface area contributed by atoms with E-state index in [9.17, 15) is 0 Å². The molecule has 1 rings (SSSR count). The van der Waals surface area contributed by atoms with Crippen molar-refractivity contribution in [1.29, 1.82) is 0 Å². The third kappa shape index (κ3) is 7.31. The lowest BCUT2D eigenvalue weighted by molar-refractivity contribution is -0.656. The maximum atomic E-state index is 6.00. The van der Waals surface area contributed by atoms with Crippen LogP contribution in [0.5, 0.6) is 5.75 Å². The van der Waals surface area contributed by atoms with Crippen LogP contribution in [0.15, 0.2) is 18.2 Å². The third-order valence-corrected chi connectivity index (χ3v) is 3.43. The van der Waals surface area contributed by atoms with Crippen molar-refractivity contribution in [3.05, 3.63) is 28.2 Å².